The second-order valence-corrected chi connectivity index (χ2v) is 8.45. The number of nitro groups is 2. The zero-order valence-corrected chi connectivity index (χ0v) is 19.3. The molecule has 2 N–H and O–H groups in total. The molecule has 0 unspecified atom stereocenters. The van der Waals surface area contributed by atoms with Gasteiger partial charge in [-0.05, 0) is 36.9 Å². The fourth-order valence-corrected chi connectivity index (χ4v) is 4.10. The van der Waals surface area contributed by atoms with Gasteiger partial charge in [0.1, 0.15) is 0 Å². The molecular weight excluding hydrogens is 452 g/mol. The molecule has 0 aliphatic carbocycles. The van der Waals surface area contributed by atoms with Crippen molar-refractivity contribution in [1.29, 1.82) is 0 Å². The second-order valence-electron chi connectivity index (χ2n) is 8.45. The van der Waals surface area contributed by atoms with E-state index in [0.717, 1.165) is 26.2 Å². The number of non-ortho nitro benzene ring substituents is 1. The number of amides is 1. The molecule has 0 atom stereocenters. The van der Waals surface area contributed by atoms with E-state index in [1.807, 2.05) is 0 Å². The van der Waals surface area contributed by atoms with Crippen molar-refractivity contribution in [3.05, 3.63) is 80.4 Å². The largest absolute Gasteiger partial charge is 0.354 e. The van der Waals surface area contributed by atoms with E-state index >= 15 is 0 Å². The fourth-order valence-electron chi connectivity index (χ4n) is 4.10. The van der Waals surface area contributed by atoms with Gasteiger partial charge in [0.2, 0.25) is 0 Å². The van der Waals surface area contributed by atoms with E-state index in [1.54, 1.807) is 36.4 Å². The predicted molar refractivity (Wildman–Crippen MR) is 131 cm³/mol. The van der Waals surface area contributed by atoms with Crippen LogP contribution in [-0.4, -0.2) is 76.9 Å². The molecule has 0 bridgehead atoms. The average Bonchev–Trinajstić information content (AvgIpc) is 3.31. The first-order valence-electron chi connectivity index (χ1n) is 11.2. The summed E-state index contributed by atoms with van der Waals surface area (Å²) < 4.78 is 0. The summed E-state index contributed by atoms with van der Waals surface area (Å²) in [6.45, 7) is 4.97. The summed E-state index contributed by atoms with van der Waals surface area (Å²) >= 11 is 0. The number of likely N-dealkylation sites (N-methyl/N-ethyl adjacent to an activating group) is 1. The monoisotopic (exact) mass is 478 g/mol. The Labute approximate surface area is 201 Å². The molecule has 11 heteroatoms. The molecule has 1 aliphatic rings. The number of benzene rings is 2. The molecular formula is C24H26N6O5. The number of rotatable bonds is 8. The number of piperazine rings is 1. The summed E-state index contributed by atoms with van der Waals surface area (Å²) in [4.78, 5) is 42.5. The highest BCUT2D eigenvalue weighted by Crippen LogP contribution is 2.34. The third-order valence-electron chi connectivity index (χ3n) is 6.13. The maximum Gasteiger partial charge on any atom is 0.278 e. The van der Waals surface area contributed by atoms with Gasteiger partial charge >= 0.3 is 0 Å². The molecule has 1 saturated heterocycles. The molecule has 1 aromatic heterocycles. The Balaban J connectivity index is 1.62. The second kappa shape index (κ2) is 10.5. The maximum absolute atomic E-state index is 13.2. The zero-order chi connectivity index (χ0) is 24.9. The van der Waals surface area contributed by atoms with E-state index in [2.05, 4.69) is 27.1 Å². The van der Waals surface area contributed by atoms with Crippen LogP contribution in [0, 0.1) is 20.2 Å². The molecule has 2 heterocycles. The number of H-pyrrole nitrogens is 1. The van der Waals surface area contributed by atoms with Gasteiger partial charge in [-0.2, -0.15) is 0 Å². The van der Waals surface area contributed by atoms with Crippen LogP contribution in [0.25, 0.3) is 22.5 Å². The van der Waals surface area contributed by atoms with Crippen molar-refractivity contribution in [2.45, 2.75) is 0 Å². The highest BCUT2D eigenvalue weighted by atomic mass is 16.6. The SMILES string of the molecule is CN1CCN(CCNC(=O)c2cc(-c3ccc([N+](=O)[O-])cc3)[nH]c2-c2ccccc2[N+](=O)[O-])CC1. The Bertz CT molecular complexity index is 1230. The lowest BCUT2D eigenvalue weighted by Gasteiger charge is -2.32. The number of carbonyl (C=O) groups excluding carboxylic acids is 1. The van der Waals surface area contributed by atoms with Crippen LogP contribution in [0.5, 0.6) is 0 Å². The molecule has 182 valence electrons. The Morgan fingerprint density at radius 3 is 2.34 bits per heavy atom. The van der Waals surface area contributed by atoms with Gasteiger partial charge in [0, 0.05) is 63.2 Å². The van der Waals surface area contributed by atoms with Crippen LogP contribution in [0.2, 0.25) is 0 Å². The number of hydrogen-bond donors (Lipinski definition) is 2. The molecule has 11 nitrogen and oxygen atoms in total. The van der Waals surface area contributed by atoms with Crippen LogP contribution < -0.4 is 5.32 Å². The lowest BCUT2D eigenvalue weighted by molar-refractivity contribution is -0.384. The summed E-state index contributed by atoms with van der Waals surface area (Å²) in [7, 11) is 2.08. The summed E-state index contributed by atoms with van der Waals surface area (Å²) in [5.74, 6) is -0.350. The maximum atomic E-state index is 13.2. The first-order valence-corrected chi connectivity index (χ1v) is 11.2. The van der Waals surface area contributed by atoms with E-state index in [0.29, 0.717) is 30.0 Å². The summed E-state index contributed by atoms with van der Waals surface area (Å²) in [6, 6.07) is 13.7. The number of carbonyl (C=O) groups is 1. The molecule has 2 aromatic carbocycles. The van der Waals surface area contributed by atoms with Crippen molar-refractivity contribution < 1.29 is 14.6 Å². The number of aromatic amines is 1. The Hall–Kier alpha value is -4.09. The number of nitro benzene ring substituents is 2. The van der Waals surface area contributed by atoms with Crippen LogP contribution in [0.4, 0.5) is 11.4 Å². The van der Waals surface area contributed by atoms with Crippen LogP contribution in [0.1, 0.15) is 10.4 Å². The summed E-state index contributed by atoms with van der Waals surface area (Å²) in [5, 5.41) is 25.6. The number of para-hydroxylation sites is 1. The van der Waals surface area contributed by atoms with Crippen LogP contribution in [0.15, 0.2) is 54.6 Å². The van der Waals surface area contributed by atoms with Gasteiger partial charge < -0.3 is 15.2 Å². The molecule has 1 amide bonds. The molecule has 4 rings (SSSR count). The number of hydrogen-bond acceptors (Lipinski definition) is 7. The highest BCUT2D eigenvalue weighted by Gasteiger charge is 2.24. The van der Waals surface area contributed by atoms with Gasteiger partial charge in [0.25, 0.3) is 17.3 Å². The number of nitrogens with zero attached hydrogens (tertiary/aromatic N) is 4. The topological polar surface area (TPSA) is 138 Å². The van der Waals surface area contributed by atoms with E-state index in [9.17, 15) is 25.0 Å². The van der Waals surface area contributed by atoms with Crippen LogP contribution >= 0.6 is 0 Å². The lowest BCUT2D eigenvalue weighted by atomic mass is 10.1. The Morgan fingerprint density at radius 1 is 1.00 bits per heavy atom. The van der Waals surface area contributed by atoms with E-state index in [4.69, 9.17) is 0 Å². The van der Waals surface area contributed by atoms with Crippen LogP contribution in [-0.2, 0) is 0 Å². The molecule has 1 aliphatic heterocycles. The van der Waals surface area contributed by atoms with Crippen molar-refractivity contribution >= 4 is 17.3 Å². The van der Waals surface area contributed by atoms with Gasteiger partial charge in [-0.15, -0.1) is 0 Å². The lowest BCUT2D eigenvalue weighted by Crippen LogP contribution is -2.46. The van der Waals surface area contributed by atoms with Crippen molar-refractivity contribution in [3.8, 4) is 22.5 Å². The van der Waals surface area contributed by atoms with Crippen molar-refractivity contribution in [2.75, 3.05) is 46.3 Å². The fraction of sp³-hybridized carbons (Fsp3) is 0.292. The van der Waals surface area contributed by atoms with Gasteiger partial charge in [-0.25, -0.2) is 0 Å². The smallest absolute Gasteiger partial charge is 0.278 e. The number of aromatic nitrogens is 1. The molecule has 0 spiro atoms. The molecule has 1 fully saturated rings. The van der Waals surface area contributed by atoms with Crippen molar-refractivity contribution in [2.24, 2.45) is 0 Å². The highest BCUT2D eigenvalue weighted by molar-refractivity contribution is 6.02. The molecule has 3 aromatic rings. The minimum absolute atomic E-state index is 0.0545. The summed E-state index contributed by atoms with van der Waals surface area (Å²) in [5.41, 5.74) is 1.84. The van der Waals surface area contributed by atoms with Crippen molar-refractivity contribution in [1.82, 2.24) is 20.1 Å². The standard InChI is InChI=1S/C24H26N6O5/c1-27-12-14-28(15-13-27)11-10-25-24(31)20-16-21(17-6-8-18(9-7-17)29(32)33)26-23(20)19-4-2-3-5-22(19)30(34)35/h2-9,16,26H,10-15H2,1H3,(H,25,31). The first-order chi connectivity index (χ1) is 16.8. The normalized spacial score (nSPS) is 14.5. The molecule has 35 heavy (non-hydrogen) atoms. The quantitative estimate of drug-likeness (QED) is 0.375. The Morgan fingerprint density at radius 2 is 1.69 bits per heavy atom. The van der Waals surface area contributed by atoms with Crippen molar-refractivity contribution in [3.63, 3.8) is 0 Å². The minimum Gasteiger partial charge on any atom is -0.354 e. The molecule has 0 radical (unpaired) electrons. The van der Waals surface area contributed by atoms with Gasteiger partial charge in [-0.3, -0.25) is 29.9 Å². The third kappa shape index (κ3) is 5.53. The summed E-state index contributed by atoms with van der Waals surface area (Å²) in [6.07, 6.45) is 0. The van der Waals surface area contributed by atoms with Gasteiger partial charge in [0.05, 0.1) is 26.7 Å². The average molecular weight is 479 g/mol. The first kappa shape index (κ1) is 24.0. The number of nitrogens with one attached hydrogen (secondary N) is 2. The molecule has 0 saturated carbocycles. The zero-order valence-electron chi connectivity index (χ0n) is 19.3. The van der Waals surface area contributed by atoms with E-state index in [1.165, 1.54) is 18.2 Å². The van der Waals surface area contributed by atoms with Gasteiger partial charge in [-0.1, -0.05) is 12.1 Å². The Kier molecular flexibility index (Phi) is 7.18. The third-order valence-corrected chi connectivity index (χ3v) is 6.13. The van der Waals surface area contributed by atoms with Gasteiger partial charge in [0.15, 0.2) is 0 Å². The van der Waals surface area contributed by atoms with E-state index < -0.39 is 9.85 Å². The van der Waals surface area contributed by atoms with E-state index in [-0.39, 0.29) is 28.4 Å². The minimum atomic E-state index is -0.490. The van der Waals surface area contributed by atoms with Crippen LogP contribution in [0.3, 0.4) is 0 Å². The predicted octanol–water partition coefficient (Wildman–Crippen LogP) is 3.14.